The summed E-state index contributed by atoms with van der Waals surface area (Å²) in [7, 11) is 0. The summed E-state index contributed by atoms with van der Waals surface area (Å²) in [6, 6.07) is 5.29. The minimum absolute atomic E-state index is 0.117. The van der Waals surface area contributed by atoms with E-state index in [1.165, 1.54) is 0 Å². The van der Waals surface area contributed by atoms with Crippen LogP contribution in [-0.2, 0) is 9.47 Å². The van der Waals surface area contributed by atoms with E-state index in [9.17, 15) is 0 Å². The quantitative estimate of drug-likeness (QED) is 0.739. The molecule has 2 nitrogen and oxygen atoms in total. The Morgan fingerprint density at radius 2 is 2.14 bits per heavy atom. The van der Waals surface area contributed by atoms with Crippen molar-refractivity contribution >= 4 is 23.2 Å². The summed E-state index contributed by atoms with van der Waals surface area (Å²) >= 11 is 11.8. The molecule has 1 saturated heterocycles. The first-order chi connectivity index (χ1) is 6.66. The second-order valence-corrected chi connectivity index (χ2v) is 4.12. The molecular formula is C10H10Cl2O2. The van der Waals surface area contributed by atoms with Crippen molar-refractivity contribution in [2.24, 2.45) is 0 Å². The fourth-order valence-electron chi connectivity index (χ4n) is 1.37. The van der Waals surface area contributed by atoms with Crippen molar-refractivity contribution in [3.8, 4) is 0 Å². The number of ether oxygens (including phenoxy) is 2. The highest BCUT2D eigenvalue weighted by Gasteiger charge is 2.25. The third-order valence-corrected chi connectivity index (χ3v) is 2.62. The zero-order valence-corrected chi connectivity index (χ0v) is 9.18. The van der Waals surface area contributed by atoms with Crippen LogP contribution in [0.2, 0.25) is 10.0 Å². The lowest BCUT2D eigenvalue weighted by Crippen LogP contribution is -2.03. The number of hydrogen-bond acceptors (Lipinski definition) is 2. The topological polar surface area (TPSA) is 18.5 Å². The van der Waals surface area contributed by atoms with Gasteiger partial charge in [0.15, 0.2) is 6.29 Å². The van der Waals surface area contributed by atoms with Crippen LogP contribution in [-0.4, -0.2) is 12.7 Å². The van der Waals surface area contributed by atoms with Gasteiger partial charge in [0.2, 0.25) is 0 Å². The van der Waals surface area contributed by atoms with E-state index in [0.29, 0.717) is 16.7 Å². The molecule has 0 amide bonds. The lowest BCUT2D eigenvalue weighted by Gasteiger charge is -2.11. The molecule has 1 aromatic rings. The van der Waals surface area contributed by atoms with Crippen LogP contribution in [0.25, 0.3) is 0 Å². The van der Waals surface area contributed by atoms with E-state index in [4.69, 9.17) is 32.7 Å². The standard InChI is InChI=1S/C10H10Cl2O2/c1-6-5-13-10(14-6)8-3-2-7(11)4-9(8)12/h2-4,6,10H,5H2,1H3. The monoisotopic (exact) mass is 232 g/mol. The zero-order chi connectivity index (χ0) is 10.1. The first-order valence-corrected chi connectivity index (χ1v) is 5.14. The normalized spacial score (nSPS) is 26.8. The molecule has 0 saturated carbocycles. The van der Waals surface area contributed by atoms with Gasteiger partial charge in [0.25, 0.3) is 0 Å². The fourth-order valence-corrected chi connectivity index (χ4v) is 1.87. The van der Waals surface area contributed by atoms with Crippen molar-refractivity contribution in [1.82, 2.24) is 0 Å². The number of halogens is 2. The molecule has 1 fully saturated rings. The Bertz CT molecular complexity index is 341. The third kappa shape index (κ3) is 2.04. The van der Waals surface area contributed by atoms with Crippen molar-refractivity contribution < 1.29 is 9.47 Å². The summed E-state index contributed by atoms with van der Waals surface area (Å²) in [6.07, 6.45) is -0.235. The van der Waals surface area contributed by atoms with Crippen molar-refractivity contribution in [1.29, 1.82) is 0 Å². The van der Waals surface area contributed by atoms with E-state index in [1.807, 2.05) is 13.0 Å². The van der Waals surface area contributed by atoms with Crippen LogP contribution < -0.4 is 0 Å². The summed E-state index contributed by atoms with van der Waals surface area (Å²) in [5.74, 6) is 0. The van der Waals surface area contributed by atoms with Crippen LogP contribution in [0.5, 0.6) is 0 Å². The van der Waals surface area contributed by atoms with Gasteiger partial charge in [-0.2, -0.15) is 0 Å². The van der Waals surface area contributed by atoms with Gasteiger partial charge in [-0.05, 0) is 19.1 Å². The maximum Gasteiger partial charge on any atom is 0.185 e. The highest BCUT2D eigenvalue weighted by Crippen LogP contribution is 2.32. The molecule has 0 spiro atoms. The Balaban J connectivity index is 2.24. The molecule has 0 N–H and O–H groups in total. The Morgan fingerprint density at radius 1 is 1.36 bits per heavy atom. The largest absolute Gasteiger partial charge is 0.346 e. The van der Waals surface area contributed by atoms with Gasteiger partial charge in [-0.25, -0.2) is 0 Å². The van der Waals surface area contributed by atoms with Crippen LogP contribution in [0, 0.1) is 0 Å². The molecule has 0 bridgehead atoms. The first-order valence-electron chi connectivity index (χ1n) is 4.39. The maximum atomic E-state index is 6.01. The number of benzene rings is 1. The third-order valence-electron chi connectivity index (χ3n) is 2.05. The summed E-state index contributed by atoms with van der Waals surface area (Å²) in [5.41, 5.74) is 0.834. The molecule has 1 heterocycles. The van der Waals surface area contributed by atoms with Crippen LogP contribution in [0.1, 0.15) is 18.8 Å². The van der Waals surface area contributed by atoms with E-state index >= 15 is 0 Å². The highest BCUT2D eigenvalue weighted by molar-refractivity contribution is 6.35. The molecular weight excluding hydrogens is 223 g/mol. The van der Waals surface area contributed by atoms with Gasteiger partial charge in [0.1, 0.15) is 0 Å². The first kappa shape index (κ1) is 10.2. The van der Waals surface area contributed by atoms with Crippen LogP contribution in [0.4, 0.5) is 0 Å². The Hall–Kier alpha value is -0.280. The highest BCUT2D eigenvalue weighted by atomic mass is 35.5. The Kier molecular flexibility index (Phi) is 2.98. The van der Waals surface area contributed by atoms with Crippen LogP contribution in [0.15, 0.2) is 18.2 Å². The van der Waals surface area contributed by atoms with Gasteiger partial charge < -0.3 is 9.47 Å². The van der Waals surface area contributed by atoms with Gasteiger partial charge in [0.05, 0.1) is 17.7 Å². The maximum absolute atomic E-state index is 6.01. The summed E-state index contributed by atoms with van der Waals surface area (Å²) in [5, 5.41) is 1.20. The molecule has 14 heavy (non-hydrogen) atoms. The Morgan fingerprint density at radius 3 is 2.71 bits per heavy atom. The number of rotatable bonds is 1. The molecule has 0 aromatic heterocycles. The van der Waals surface area contributed by atoms with E-state index in [-0.39, 0.29) is 12.4 Å². The van der Waals surface area contributed by atoms with Gasteiger partial charge >= 0.3 is 0 Å². The van der Waals surface area contributed by atoms with Crippen molar-refractivity contribution in [2.75, 3.05) is 6.61 Å². The molecule has 0 radical (unpaired) electrons. The predicted octanol–water partition coefficient (Wildman–Crippen LogP) is 3.43. The number of hydrogen-bond donors (Lipinski definition) is 0. The molecule has 2 unspecified atom stereocenters. The summed E-state index contributed by atoms with van der Waals surface area (Å²) in [6.45, 7) is 2.56. The molecule has 2 atom stereocenters. The SMILES string of the molecule is CC1COC(c2ccc(Cl)cc2Cl)O1. The molecule has 2 rings (SSSR count). The van der Waals surface area contributed by atoms with Gasteiger partial charge in [-0.15, -0.1) is 0 Å². The van der Waals surface area contributed by atoms with E-state index in [0.717, 1.165) is 5.56 Å². The molecule has 4 heteroatoms. The lowest BCUT2D eigenvalue weighted by molar-refractivity contribution is -0.0571. The minimum atomic E-state index is -0.352. The van der Waals surface area contributed by atoms with Crippen molar-refractivity contribution in [2.45, 2.75) is 19.3 Å². The molecule has 76 valence electrons. The predicted molar refractivity (Wildman–Crippen MR) is 55.7 cm³/mol. The summed E-state index contributed by atoms with van der Waals surface area (Å²) in [4.78, 5) is 0. The van der Waals surface area contributed by atoms with E-state index < -0.39 is 0 Å². The van der Waals surface area contributed by atoms with E-state index in [2.05, 4.69) is 0 Å². The Labute approximate surface area is 92.7 Å². The van der Waals surface area contributed by atoms with Crippen LogP contribution >= 0.6 is 23.2 Å². The second-order valence-electron chi connectivity index (χ2n) is 3.28. The van der Waals surface area contributed by atoms with Gasteiger partial charge in [-0.1, -0.05) is 29.3 Å². The van der Waals surface area contributed by atoms with Crippen molar-refractivity contribution in [3.05, 3.63) is 33.8 Å². The van der Waals surface area contributed by atoms with Gasteiger partial charge in [0, 0.05) is 10.6 Å². The molecule has 0 aliphatic carbocycles. The van der Waals surface area contributed by atoms with Gasteiger partial charge in [-0.3, -0.25) is 0 Å². The van der Waals surface area contributed by atoms with Crippen molar-refractivity contribution in [3.63, 3.8) is 0 Å². The average Bonchev–Trinajstić information content (AvgIpc) is 2.51. The second kappa shape index (κ2) is 4.07. The van der Waals surface area contributed by atoms with Crippen LogP contribution in [0.3, 0.4) is 0 Å². The molecule has 1 aliphatic heterocycles. The minimum Gasteiger partial charge on any atom is -0.346 e. The molecule has 1 aliphatic rings. The smallest absolute Gasteiger partial charge is 0.185 e. The summed E-state index contributed by atoms with van der Waals surface area (Å²) < 4.78 is 10.9. The average molecular weight is 233 g/mol. The molecule has 1 aromatic carbocycles. The van der Waals surface area contributed by atoms with E-state index in [1.54, 1.807) is 12.1 Å². The lowest BCUT2D eigenvalue weighted by atomic mass is 10.2. The zero-order valence-electron chi connectivity index (χ0n) is 7.67. The fraction of sp³-hybridized carbons (Fsp3) is 0.400.